The third-order valence-electron chi connectivity index (χ3n) is 7.77. The lowest BCUT2D eigenvalue weighted by Gasteiger charge is -2.59. The Morgan fingerprint density at radius 3 is 1.75 bits per heavy atom. The third kappa shape index (κ3) is 3.85. The van der Waals surface area contributed by atoms with Crippen LogP contribution in [0.5, 0.6) is 0 Å². The van der Waals surface area contributed by atoms with Crippen LogP contribution in [0.15, 0.2) is 0 Å². The summed E-state index contributed by atoms with van der Waals surface area (Å²) in [5.41, 5.74) is -1.90. The van der Waals surface area contributed by atoms with Crippen molar-refractivity contribution < 1.29 is 19.1 Å². The fourth-order valence-corrected chi connectivity index (χ4v) is 6.59. The molecule has 1 unspecified atom stereocenters. The van der Waals surface area contributed by atoms with E-state index in [0.29, 0.717) is 11.8 Å². The van der Waals surface area contributed by atoms with E-state index in [1.807, 2.05) is 34.6 Å². The highest BCUT2D eigenvalue weighted by atomic mass is 16.6. The molecule has 1 atom stereocenters. The van der Waals surface area contributed by atoms with Crippen LogP contribution in [0.3, 0.4) is 0 Å². The Morgan fingerprint density at radius 2 is 1.36 bits per heavy atom. The first kappa shape index (κ1) is 21.6. The van der Waals surface area contributed by atoms with Gasteiger partial charge in [0.25, 0.3) is 0 Å². The molecule has 4 heteroatoms. The predicted molar refractivity (Wildman–Crippen MR) is 109 cm³/mol. The van der Waals surface area contributed by atoms with Gasteiger partial charge in [0.1, 0.15) is 5.60 Å². The minimum Gasteiger partial charge on any atom is -0.456 e. The zero-order chi connectivity index (χ0) is 21.1. The summed E-state index contributed by atoms with van der Waals surface area (Å²) in [7, 11) is 0. The number of carbonyl (C=O) groups excluding carboxylic acids is 2. The molecule has 0 spiro atoms. The Kier molecular flexibility index (Phi) is 5.43. The molecule has 160 valence electrons. The summed E-state index contributed by atoms with van der Waals surface area (Å²) in [6.07, 6.45) is 6.07. The van der Waals surface area contributed by atoms with Gasteiger partial charge in [-0.25, -0.2) is 4.79 Å². The van der Waals surface area contributed by atoms with Crippen molar-refractivity contribution in [3.05, 3.63) is 0 Å². The number of carbonyl (C=O) groups is 2. The van der Waals surface area contributed by atoms with Gasteiger partial charge in [0.15, 0.2) is 0 Å². The van der Waals surface area contributed by atoms with E-state index in [-0.39, 0.29) is 23.2 Å². The molecule has 0 aromatic carbocycles. The van der Waals surface area contributed by atoms with Gasteiger partial charge in [-0.2, -0.15) is 0 Å². The number of esters is 2. The summed E-state index contributed by atoms with van der Waals surface area (Å²) in [4.78, 5) is 26.1. The highest BCUT2D eigenvalue weighted by molar-refractivity contribution is 5.84. The molecule has 0 amide bonds. The molecular weight excluding hydrogens is 352 g/mol. The Hall–Kier alpha value is -1.06. The second-order valence-corrected chi connectivity index (χ2v) is 11.9. The van der Waals surface area contributed by atoms with Crippen molar-refractivity contribution in [1.29, 1.82) is 0 Å². The van der Waals surface area contributed by atoms with Crippen LogP contribution in [0, 0.1) is 40.9 Å². The molecule has 0 heterocycles. The first-order valence-electron chi connectivity index (χ1n) is 11.2. The Morgan fingerprint density at radius 1 is 0.893 bits per heavy atom. The van der Waals surface area contributed by atoms with E-state index in [2.05, 4.69) is 6.92 Å². The molecule has 4 saturated carbocycles. The molecule has 0 N–H and O–H groups in total. The second-order valence-electron chi connectivity index (χ2n) is 11.9. The molecule has 28 heavy (non-hydrogen) atoms. The quantitative estimate of drug-likeness (QED) is 0.589. The maximum Gasteiger partial charge on any atom is 0.350 e. The van der Waals surface area contributed by atoms with Crippen LogP contribution < -0.4 is 0 Å². The van der Waals surface area contributed by atoms with Gasteiger partial charge < -0.3 is 9.47 Å². The number of rotatable bonds is 5. The minimum absolute atomic E-state index is 0.140. The highest BCUT2D eigenvalue weighted by Gasteiger charge is 2.58. The predicted octanol–water partition coefficient (Wildman–Crippen LogP) is 5.38. The molecule has 0 radical (unpaired) electrons. The highest BCUT2D eigenvalue weighted by Crippen LogP contribution is 2.59. The van der Waals surface area contributed by atoms with Crippen molar-refractivity contribution in [3.63, 3.8) is 0 Å². The van der Waals surface area contributed by atoms with E-state index in [4.69, 9.17) is 9.47 Å². The fourth-order valence-electron chi connectivity index (χ4n) is 6.59. The number of hydrogen-bond acceptors (Lipinski definition) is 4. The molecule has 4 nitrogen and oxygen atoms in total. The summed E-state index contributed by atoms with van der Waals surface area (Å²) < 4.78 is 12.0. The molecule has 0 aliphatic heterocycles. The van der Waals surface area contributed by atoms with Gasteiger partial charge in [-0.05, 0) is 87.9 Å². The largest absolute Gasteiger partial charge is 0.456 e. The zero-order valence-corrected chi connectivity index (χ0v) is 19.1. The van der Waals surface area contributed by atoms with Crippen molar-refractivity contribution in [2.45, 2.75) is 98.7 Å². The summed E-state index contributed by atoms with van der Waals surface area (Å²) in [6, 6.07) is 0. The van der Waals surface area contributed by atoms with Crippen LogP contribution in [0.25, 0.3) is 0 Å². The third-order valence-corrected chi connectivity index (χ3v) is 7.77. The van der Waals surface area contributed by atoms with Crippen LogP contribution in [-0.4, -0.2) is 23.1 Å². The molecule has 4 bridgehead atoms. The van der Waals surface area contributed by atoms with Gasteiger partial charge in [0.2, 0.25) is 5.60 Å². The van der Waals surface area contributed by atoms with Gasteiger partial charge in [0.05, 0.1) is 5.92 Å². The average molecular weight is 393 g/mol. The van der Waals surface area contributed by atoms with Crippen molar-refractivity contribution in [1.82, 2.24) is 0 Å². The molecule has 4 fully saturated rings. The van der Waals surface area contributed by atoms with Crippen LogP contribution in [-0.2, 0) is 19.1 Å². The van der Waals surface area contributed by atoms with E-state index in [0.717, 1.165) is 11.8 Å². The Bertz CT molecular complexity index is 597. The zero-order valence-electron chi connectivity index (χ0n) is 19.1. The molecule has 0 saturated heterocycles. The SMILES string of the molecule is CC(C)C(C(=O)OC(C)(C)C(=O)OC1(C)C2CC3CC(C2)CC1C3)C(C)(C)C. The average Bonchev–Trinajstić information content (AvgIpc) is 2.49. The lowest BCUT2D eigenvalue weighted by molar-refractivity contribution is -0.221. The van der Waals surface area contributed by atoms with Crippen LogP contribution >= 0.6 is 0 Å². The van der Waals surface area contributed by atoms with Gasteiger partial charge in [-0.15, -0.1) is 0 Å². The van der Waals surface area contributed by atoms with Crippen molar-refractivity contribution in [2.75, 3.05) is 0 Å². The smallest absolute Gasteiger partial charge is 0.350 e. The monoisotopic (exact) mass is 392 g/mol. The van der Waals surface area contributed by atoms with E-state index < -0.39 is 17.2 Å². The maximum absolute atomic E-state index is 13.1. The van der Waals surface area contributed by atoms with Crippen LogP contribution in [0.4, 0.5) is 0 Å². The first-order chi connectivity index (χ1) is 12.7. The van der Waals surface area contributed by atoms with Crippen molar-refractivity contribution in [3.8, 4) is 0 Å². The van der Waals surface area contributed by atoms with E-state index in [1.54, 1.807) is 13.8 Å². The first-order valence-corrected chi connectivity index (χ1v) is 11.2. The molecule has 4 aliphatic rings. The normalized spacial score (nSPS) is 35.8. The van der Waals surface area contributed by atoms with Gasteiger partial charge in [0, 0.05) is 0 Å². The van der Waals surface area contributed by atoms with E-state index in [9.17, 15) is 9.59 Å². The molecular formula is C24H40O4. The lowest BCUT2D eigenvalue weighted by atomic mass is 9.50. The molecule has 0 aromatic heterocycles. The maximum atomic E-state index is 13.1. The molecule has 4 aliphatic carbocycles. The lowest BCUT2D eigenvalue weighted by Crippen LogP contribution is -2.59. The van der Waals surface area contributed by atoms with E-state index in [1.165, 1.54) is 32.1 Å². The van der Waals surface area contributed by atoms with Gasteiger partial charge in [-0.1, -0.05) is 34.6 Å². The standard InChI is InChI=1S/C24H40O4/c1-14(2)19(22(3,4)5)20(25)27-23(6,7)21(26)28-24(8)17-10-15-9-16(12-17)13-18(24)11-15/h14-19H,9-13H2,1-8H3. The summed E-state index contributed by atoms with van der Waals surface area (Å²) >= 11 is 0. The topological polar surface area (TPSA) is 52.6 Å². The van der Waals surface area contributed by atoms with Crippen molar-refractivity contribution >= 4 is 11.9 Å². The molecule has 4 rings (SSSR count). The van der Waals surface area contributed by atoms with Crippen LogP contribution in [0.1, 0.15) is 87.5 Å². The van der Waals surface area contributed by atoms with Crippen molar-refractivity contribution in [2.24, 2.45) is 40.9 Å². The minimum atomic E-state index is -1.27. The summed E-state index contributed by atoms with van der Waals surface area (Å²) in [6.45, 7) is 15.6. The number of ether oxygens (including phenoxy) is 2. The van der Waals surface area contributed by atoms with Gasteiger partial charge in [-0.3, -0.25) is 4.79 Å². The summed E-state index contributed by atoms with van der Waals surface area (Å²) in [5.74, 6) is 1.72. The Balaban J connectivity index is 1.70. The molecule has 0 aromatic rings. The summed E-state index contributed by atoms with van der Waals surface area (Å²) in [5, 5.41) is 0. The number of hydrogen-bond donors (Lipinski definition) is 0. The Labute approximate surface area is 171 Å². The van der Waals surface area contributed by atoms with E-state index >= 15 is 0 Å². The second kappa shape index (κ2) is 7.02. The van der Waals surface area contributed by atoms with Crippen LogP contribution in [0.2, 0.25) is 0 Å². The fraction of sp³-hybridized carbons (Fsp3) is 0.917. The van der Waals surface area contributed by atoms with Gasteiger partial charge >= 0.3 is 11.9 Å².